The van der Waals surface area contributed by atoms with Gasteiger partial charge in [-0.15, -0.1) is 0 Å². The number of carboxylic acid groups (broad SMARTS) is 1. The molecule has 0 spiro atoms. The van der Waals surface area contributed by atoms with Gasteiger partial charge in [0.15, 0.2) is 0 Å². The van der Waals surface area contributed by atoms with Gasteiger partial charge in [-0.3, -0.25) is 9.10 Å². The molecule has 1 atom stereocenters. The Morgan fingerprint density at radius 3 is 2.50 bits per heavy atom. The Bertz CT molecular complexity index is 542. The van der Waals surface area contributed by atoms with E-state index in [1.807, 2.05) is 0 Å². The second-order valence-corrected chi connectivity index (χ2v) is 6.01. The Balaban J connectivity index is 3.18. The summed E-state index contributed by atoms with van der Waals surface area (Å²) < 4.78 is 24.1. The minimum Gasteiger partial charge on any atom is -0.481 e. The second kappa shape index (κ2) is 5.36. The van der Waals surface area contributed by atoms with Crippen molar-refractivity contribution in [2.75, 3.05) is 17.6 Å². The van der Waals surface area contributed by atoms with Gasteiger partial charge in [-0.25, -0.2) is 8.42 Å². The molecule has 0 radical (unpaired) electrons. The summed E-state index contributed by atoms with van der Waals surface area (Å²) in [4.78, 5) is 10.6. The van der Waals surface area contributed by atoms with Gasteiger partial charge in [0.2, 0.25) is 10.0 Å². The van der Waals surface area contributed by atoms with Crippen molar-refractivity contribution in [1.29, 1.82) is 0 Å². The van der Waals surface area contributed by atoms with E-state index in [4.69, 9.17) is 10.8 Å². The SMILES string of the molecule is CN(c1ccccc1C(N)CC(=O)O)S(C)(=O)=O. The van der Waals surface area contributed by atoms with E-state index in [1.165, 1.54) is 7.05 Å². The molecule has 6 nitrogen and oxygen atoms in total. The van der Waals surface area contributed by atoms with Crippen LogP contribution in [0.3, 0.4) is 0 Å². The van der Waals surface area contributed by atoms with Crippen LogP contribution < -0.4 is 10.0 Å². The summed E-state index contributed by atoms with van der Waals surface area (Å²) in [5.41, 5.74) is 6.67. The quantitative estimate of drug-likeness (QED) is 0.815. The monoisotopic (exact) mass is 272 g/mol. The first-order chi connectivity index (χ1) is 8.23. The van der Waals surface area contributed by atoms with E-state index in [9.17, 15) is 13.2 Å². The zero-order valence-electron chi connectivity index (χ0n) is 10.2. The molecular formula is C11H16N2O4S. The molecule has 18 heavy (non-hydrogen) atoms. The highest BCUT2D eigenvalue weighted by Crippen LogP contribution is 2.27. The van der Waals surface area contributed by atoms with Gasteiger partial charge < -0.3 is 10.8 Å². The van der Waals surface area contributed by atoms with Gasteiger partial charge >= 0.3 is 5.97 Å². The number of sulfonamides is 1. The standard InChI is InChI=1S/C11H16N2O4S/c1-13(18(2,16)17)10-6-4-3-5-8(10)9(12)7-11(14)15/h3-6,9H,7,12H2,1-2H3,(H,14,15). The lowest BCUT2D eigenvalue weighted by Gasteiger charge is -2.22. The fourth-order valence-corrected chi connectivity index (χ4v) is 2.09. The molecule has 1 aromatic carbocycles. The van der Waals surface area contributed by atoms with Crippen molar-refractivity contribution >= 4 is 21.7 Å². The van der Waals surface area contributed by atoms with E-state index in [1.54, 1.807) is 24.3 Å². The average Bonchev–Trinajstić information content (AvgIpc) is 2.26. The van der Waals surface area contributed by atoms with Gasteiger partial charge in [0.25, 0.3) is 0 Å². The number of carboxylic acids is 1. The van der Waals surface area contributed by atoms with Crippen molar-refractivity contribution in [2.45, 2.75) is 12.5 Å². The Kier molecular flexibility index (Phi) is 4.31. The molecule has 0 aliphatic heterocycles. The summed E-state index contributed by atoms with van der Waals surface area (Å²) in [6.07, 6.45) is 0.821. The lowest BCUT2D eigenvalue weighted by Crippen LogP contribution is -2.27. The van der Waals surface area contributed by atoms with E-state index in [2.05, 4.69) is 0 Å². The van der Waals surface area contributed by atoms with Crippen molar-refractivity contribution in [3.8, 4) is 0 Å². The molecule has 0 aliphatic rings. The topological polar surface area (TPSA) is 101 Å². The number of carbonyl (C=O) groups is 1. The first kappa shape index (κ1) is 14.5. The molecule has 0 saturated carbocycles. The number of anilines is 1. The molecule has 0 heterocycles. The third-order valence-corrected chi connectivity index (χ3v) is 3.76. The maximum Gasteiger partial charge on any atom is 0.305 e. The van der Waals surface area contributed by atoms with E-state index in [0.29, 0.717) is 11.3 Å². The normalized spacial score (nSPS) is 13.1. The number of para-hydroxylation sites is 1. The molecule has 0 fully saturated rings. The minimum atomic E-state index is -3.41. The largest absolute Gasteiger partial charge is 0.481 e. The Labute approximate surface area is 106 Å². The summed E-state index contributed by atoms with van der Waals surface area (Å²) in [6, 6.07) is 5.84. The Morgan fingerprint density at radius 2 is 2.00 bits per heavy atom. The minimum absolute atomic E-state index is 0.255. The number of hydrogen-bond donors (Lipinski definition) is 2. The van der Waals surface area contributed by atoms with Crippen molar-refractivity contribution < 1.29 is 18.3 Å². The van der Waals surface area contributed by atoms with E-state index in [-0.39, 0.29) is 6.42 Å². The lowest BCUT2D eigenvalue weighted by molar-refractivity contribution is -0.137. The maximum absolute atomic E-state index is 11.5. The van der Waals surface area contributed by atoms with Crippen molar-refractivity contribution in [3.05, 3.63) is 29.8 Å². The number of nitrogens with zero attached hydrogens (tertiary/aromatic N) is 1. The predicted octanol–water partition coefficient (Wildman–Crippen LogP) is 0.557. The van der Waals surface area contributed by atoms with E-state index < -0.39 is 22.0 Å². The molecule has 0 aromatic heterocycles. The van der Waals surface area contributed by atoms with Gasteiger partial charge in [-0.2, -0.15) is 0 Å². The van der Waals surface area contributed by atoms with Crippen LogP contribution in [-0.4, -0.2) is 32.8 Å². The fraction of sp³-hybridized carbons (Fsp3) is 0.364. The van der Waals surface area contributed by atoms with Crippen LogP contribution in [-0.2, 0) is 14.8 Å². The number of rotatable bonds is 5. The highest BCUT2D eigenvalue weighted by Gasteiger charge is 2.20. The summed E-state index contributed by atoms with van der Waals surface area (Å²) >= 11 is 0. The number of benzene rings is 1. The Morgan fingerprint density at radius 1 is 1.44 bits per heavy atom. The molecule has 1 rings (SSSR count). The highest BCUT2D eigenvalue weighted by molar-refractivity contribution is 7.92. The molecule has 1 aromatic rings. The lowest BCUT2D eigenvalue weighted by atomic mass is 10.0. The van der Waals surface area contributed by atoms with E-state index in [0.717, 1.165) is 10.6 Å². The first-order valence-corrected chi connectivity index (χ1v) is 7.08. The fourth-order valence-electron chi connectivity index (χ4n) is 1.56. The molecule has 100 valence electrons. The van der Waals surface area contributed by atoms with Crippen molar-refractivity contribution in [3.63, 3.8) is 0 Å². The Hall–Kier alpha value is -1.60. The number of aliphatic carboxylic acids is 1. The third-order valence-electron chi connectivity index (χ3n) is 2.57. The summed E-state index contributed by atoms with van der Waals surface area (Å²) in [6.45, 7) is 0. The molecule has 0 amide bonds. The van der Waals surface area contributed by atoms with Crippen LogP contribution in [0.1, 0.15) is 18.0 Å². The summed E-state index contributed by atoms with van der Waals surface area (Å²) in [5, 5.41) is 8.72. The molecule has 3 N–H and O–H groups in total. The summed E-state index contributed by atoms with van der Waals surface area (Å²) in [7, 11) is -2.01. The average molecular weight is 272 g/mol. The van der Waals surface area contributed by atoms with Gasteiger partial charge in [0.05, 0.1) is 18.4 Å². The zero-order valence-corrected chi connectivity index (χ0v) is 11.0. The number of hydrogen-bond acceptors (Lipinski definition) is 4. The molecule has 0 bridgehead atoms. The van der Waals surface area contributed by atoms with Gasteiger partial charge in [0, 0.05) is 13.1 Å². The van der Waals surface area contributed by atoms with Gasteiger partial charge in [-0.1, -0.05) is 18.2 Å². The predicted molar refractivity (Wildman–Crippen MR) is 68.9 cm³/mol. The molecule has 1 unspecified atom stereocenters. The summed E-state index contributed by atoms with van der Waals surface area (Å²) in [5.74, 6) is -1.03. The zero-order chi connectivity index (χ0) is 13.9. The van der Waals surface area contributed by atoms with Crippen molar-refractivity contribution in [1.82, 2.24) is 0 Å². The molecule has 0 saturated heterocycles. The van der Waals surface area contributed by atoms with Crippen LogP contribution in [0.15, 0.2) is 24.3 Å². The van der Waals surface area contributed by atoms with Gasteiger partial charge in [0.1, 0.15) is 0 Å². The number of nitrogens with two attached hydrogens (primary N) is 1. The van der Waals surface area contributed by atoms with Crippen LogP contribution in [0, 0.1) is 0 Å². The van der Waals surface area contributed by atoms with Crippen molar-refractivity contribution in [2.24, 2.45) is 5.73 Å². The van der Waals surface area contributed by atoms with Gasteiger partial charge in [-0.05, 0) is 11.6 Å². The molecule has 7 heteroatoms. The highest BCUT2D eigenvalue weighted by atomic mass is 32.2. The van der Waals surface area contributed by atoms with Crippen LogP contribution in [0.25, 0.3) is 0 Å². The first-order valence-electron chi connectivity index (χ1n) is 5.23. The van der Waals surface area contributed by atoms with Crippen LogP contribution >= 0.6 is 0 Å². The van der Waals surface area contributed by atoms with Crippen LogP contribution in [0.2, 0.25) is 0 Å². The van der Waals surface area contributed by atoms with E-state index >= 15 is 0 Å². The third kappa shape index (κ3) is 3.44. The smallest absolute Gasteiger partial charge is 0.305 e. The second-order valence-electron chi connectivity index (χ2n) is 3.99. The maximum atomic E-state index is 11.5. The molecular weight excluding hydrogens is 256 g/mol. The van der Waals surface area contributed by atoms with Crippen LogP contribution in [0.5, 0.6) is 0 Å². The molecule has 0 aliphatic carbocycles. The van der Waals surface area contributed by atoms with Crippen LogP contribution in [0.4, 0.5) is 5.69 Å².